The minimum Gasteiger partial charge on any atom is -0.477 e. The summed E-state index contributed by atoms with van der Waals surface area (Å²) < 4.78 is 1.49. The molecule has 0 atom stereocenters. The maximum absolute atomic E-state index is 11.0. The number of fused-ring (bicyclic) bond motifs is 1. The maximum Gasteiger partial charge on any atom is 0.354 e. The van der Waals surface area contributed by atoms with Gasteiger partial charge in [0.15, 0.2) is 5.69 Å². The SMILES string of the molecule is O=C(O)c1cc(-c2ccncc2)n2ncnc2n1. The number of pyridine rings is 1. The summed E-state index contributed by atoms with van der Waals surface area (Å²) in [6, 6.07) is 4.99. The molecule has 1 N–H and O–H groups in total. The van der Waals surface area contributed by atoms with Gasteiger partial charge in [-0.1, -0.05) is 0 Å². The van der Waals surface area contributed by atoms with Gasteiger partial charge in [-0.2, -0.15) is 14.6 Å². The number of carboxylic acid groups (broad SMARTS) is 1. The monoisotopic (exact) mass is 241 g/mol. The largest absolute Gasteiger partial charge is 0.477 e. The first-order valence-electron chi connectivity index (χ1n) is 5.10. The average Bonchev–Trinajstić information content (AvgIpc) is 2.86. The number of carboxylic acids is 1. The van der Waals surface area contributed by atoms with Crippen molar-refractivity contribution in [3.8, 4) is 11.3 Å². The first kappa shape index (κ1) is 10.3. The zero-order chi connectivity index (χ0) is 12.5. The molecule has 7 nitrogen and oxygen atoms in total. The van der Waals surface area contributed by atoms with E-state index in [2.05, 4.69) is 20.1 Å². The van der Waals surface area contributed by atoms with Crippen LogP contribution >= 0.6 is 0 Å². The average molecular weight is 241 g/mol. The van der Waals surface area contributed by atoms with Crippen LogP contribution in [0.5, 0.6) is 0 Å². The third-order valence-electron chi connectivity index (χ3n) is 2.45. The molecule has 0 unspecified atom stereocenters. The highest BCUT2D eigenvalue weighted by Gasteiger charge is 2.13. The van der Waals surface area contributed by atoms with Crippen LogP contribution in [0, 0.1) is 0 Å². The number of carbonyl (C=O) groups is 1. The summed E-state index contributed by atoms with van der Waals surface area (Å²) >= 11 is 0. The molecule has 0 aliphatic carbocycles. The van der Waals surface area contributed by atoms with E-state index in [-0.39, 0.29) is 11.5 Å². The molecule has 3 rings (SSSR count). The van der Waals surface area contributed by atoms with Crippen LogP contribution in [0.2, 0.25) is 0 Å². The van der Waals surface area contributed by atoms with Gasteiger partial charge in [0.05, 0.1) is 5.69 Å². The summed E-state index contributed by atoms with van der Waals surface area (Å²) in [6.07, 6.45) is 4.58. The van der Waals surface area contributed by atoms with Crippen molar-refractivity contribution < 1.29 is 9.90 Å². The lowest BCUT2D eigenvalue weighted by atomic mass is 10.2. The van der Waals surface area contributed by atoms with Crippen molar-refractivity contribution >= 4 is 11.7 Å². The highest BCUT2D eigenvalue weighted by molar-refractivity contribution is 5.87. The summed E-state index contributed by atoms with van der Waals surface area (Å²) in [5, 5.41) is 13.0. The van der Waals surface area contributed by atoms with Crippen molar-refractivity contribution in [1.29, 1.82) is 0 Å². The van der Waals surface area contributed by atoms with E-state index in [1.807, 2.05) is 0 Å². The number of hydrogen-bond acceptors (Lipinski definition) is 5. The lowest BCUT2D eigenvalue weighted by Gasteiger charge is -2.04. The molecule has 0 spiro atoms. The third-order valence-corrected chi connectivity index (χ3v) is 2.45. The summed E-state index contributed by atoms with van der Waals surface area (Å²) in [6.45, 7) is 0. The molecule has 3 aromatic heterocycles. The molecular formula is C11H7N5O2. The Labute approximate surface area is 101 Å². The predicted octanol–water partition coefficient (Wildman–Crippen LogP) is 0.884. The van der Waals surface area contributed by atoms with E-state index in [0.717, 1.165) is 5.56 Å². The highest BCUT2D eigenvalue weighted by Crippen LogP contribution is 2.19. The van der Waals surface area contributed by atoms with Crippen molar-refractivity contribution in [2.45, 2.75) is 0 Å². The highest BCUT2D eigenvalue weighted by atomic mass is 16.4. The molecule has 0 saturated heterocycles. The van der Waals surface area contributed by atoms with E-state index >= 15 is 0 Å². The normalized spacial score (nSPS) is 10.7. The Hall–Kier alpha value is -2.83. The van der Waals surface area contributed by atoms with Gasteiger partial charge in [-0.05, 0) is 18.2 Å². The first-order chi connectivity index (χ1) is 8.75. The first-order valence-corrected chi connectivity index (χ1v) is 5.10. The Morgan fingerprint density at radius 3 is 2.78 bits per heavy atom. The van der Waals surface area contributed by atoms with Gasteiger partial charge in [-0.15, -0.1) is 0 Å². The molecule has 0 bridgehead atoms. The molecule has 0 saturated carbocycles. The summed E-state index contributed by atoms with van der Waals surface area (Å²) in [4.78, 5) is 22.7. The second-order valence-electron chi connectivity index (χ2n) is 3.54. The second-order valence-corrected chi connectivity index (χ2v) is 3.54. The zero-order valence-electron chi connectivity index (χ0n) is 9.06. The van der Waals surface area contributed by atoms with E-state index in [1.165, 1.54) is 16.9 Å². The minimum absolute atomic E-state index is 0.0673. The Kier molecular flexibility index (Phi) is 2.23. The van der Waals surface area contributed by atoms with E-state index < -0.39 is 5.97 Å². The Morgan fingerprint density at radius 1 is 1.28 bits per heavy atom. The van der Waals surface area contributed by atoms with Gasteiger partial charge < -0.3 is 5.11 Å². The zero-order valence-corrected chi connectivity index (χ0v) is 9.06. The van der Waals surface area contributed by atoms with Crippen LogP contribution in [0.15, 0.2) is 36.9 Å². The topological polar surface area (TPSA) is 93.3 Å². The van der Waals surface area contributed by atoms with E-state index in [0.29, 0.717) is 5.69 Å². The molecule has 0 aliphatic heterocycles. The smallest absolute Gasteiger partial charge is 0.354 e. The van der Waals surface area contributed by atoms with E-state index in [1.54, 1.807) is 24.5 Å². The fourth-order valence-corrected chi connectivity index (χ4v) is 1.65. The molecule has 0 aliphatic rings. The number of nitrogens with zero attached hydrogens (tertiary/aromatic N) is 5. The molecule has 18 heavy (non-hydrogen) atoms. The molecule has 88 valence electrons. The second kappa shape index (κ2) is 3.88. The Bertz CT molecular complexity index is 723. The fourth-order valence-electron chi connectivity index (χ4n) is 1.65. The lowest BCUT2D eigenvalue weighted by molar-refractivity contribution is 0.0690. The van der Waals surface area contributed by atoms with Gasteiger partial charge in [0, 0.05) is 18.0 Å². The predicted molar refractivity (Wildman–Crippen MR) is 61.0 cm³/mol. The molecule has 3 aromatic rings. The van der Waals surface area contributed by atoms with Crippen molar-refractivity contribution in [3.63, 3.8) is 0 Å². The summed E-state index contributed by atoms with van der Waals surface area (Å²) in [5.41, 5.74) is 1.34. The molecule has 7 heteroatoms. The van der Waals surface area contributed by atoms with Crippen molar-refractivity contribution in [1.82, 2.24) is 24.6 Å². The van der Waals surface area contributed by atoms with Gasteiger partial charge in [-0.25, -0.2) is 9.78 Å². The van der Waals surface area contributed by atoms with Crippen LogP contribution in [0.3, 0.4) is 0 Å². The third kappa shape index (κ3) is 1.58. The van der Waals surface area contributed by atoms with Crippen LogP contribution in [0.4, 0.5) is 0 Å². The van der Waals surface area contributed by atoms with Gasteiger partial charge in [0.25, 0.3) is 5.78 Å². The number of aromatic carboxylic acids is 1. The summed E-state index contributed by atoms with van der Waals surface area (Å²) in [5.74, 6) is -0.850. The van der Waals surface area contributed by atoms with Gasteiger partial charge >= 0.3 is 5.97 Å². The van der Waals surface area contributed by atoms with Crippen LogP contribution in [0.25, 0.3) is 17.0 Å². The quantitative estimate of drug-likeness (QED) is 0.716. The fraction of sp³-hybridized carbons (Fsp3) is 0. The lowest BCUT2D eigenvalue weighted by Crippen LogP contribution is -2.05. The minimum atomic E-state index is -1.10. The van der Waals surface area contributed by atoms with E-state index in [4.69, 9.17) is 5.11 Å². The van der Waals surface area contributed by atoms with Crippen LogP contribution in [-0.2, 0) is 0 Å². The van der Waals surface area contributed by atoms with Crippen molar-refractivity contribution in [2.75, 3.05) is 0 Å². The molecule has 3 heterocycles. The van der Waals surface area contributed by atoms with Crippen molar-refractivity contribution in [3.05, 3.63) is 42.6 Å². The van der Waals surface area contributed by atoms with Gasteiger partial charge in [-0.3, -0.25) is 4.98 Å². The number of hydrogen-bond donors (Lipinski definition) is 1. The molecule has 0 fully saturated rings. The van der Waals surface area contributed by atoms with Crippen LogP contribution < -0.4 is 0 Å². The Balaban J connectivity index is 2.33. The standard InChI is InChI=1S/C11H7N5O2/c17-10(18)8-5-9(7-1-3-12-4-2-7)16-11(15-8)13-6-14-16/h1-6H,(H,17,18). The number of rotatable bonds is 2. The van der Waals surface area contributed by atoms with Gasteiger partial charge in [0.2, 0.25) is 0 Å². The maximum atomic E-state index is 11.0. The van der Waals surface area contributed by atoms with Crippen LogP contribution in [-0.4, -0.2) is 35.6 Å². The number of aromatic nitrogens is 5. The van der Waals surface area contributed by atoms with Crippen molar-refractivity contribution in [2.24, 2.45) is 0 Å². The van der Waals surface area contributed by atoms with E-state index in [9.17, 15) is 4.79 Å². The summed E-state index contributed by atoms with van der Waals surface area (Å²) in [7, 11) is 0. The molecule has 0 aromatic carbocycles. The Morgan fingerprint density at radius 2 is 2.06 bits per heavy atom. The molecular weight excluding hydrogens is 234 g/mol. The molecule has 0 amide bonds. The van der Waals surface area contributed by atoms with Gasteiger partial charge in [0.1, 0.15) is 6.33 Å². The molecule has 0 radical (unpaired) electrons. The van der Waals surface area contributed by atoms with Crippen LogP contribution in [0.1, 0.15) is 10.5 Å².